The van der Waals surface area contributed by atoms with Crippen LogP contribution in [0.4, 0.5) is 19.1 Å². The molecule has 0 aliphatic carbocycles. The summed E-state index contributed by atoms with van der Waals surface area (Å²) in [5.41, 5.74) is -0.491. The number of hydrogen-bond acceptors (Lipinski definition) is 5. The number of rotatable bonds is 3. The number of aromatic amines is 1. The van der Waals surface area contributed by atoms with Gasteiger partial charge in [0, 0.05) is 5.39 Å². The van der Waals surface area contributed by atoms with Crippen molar-refractivity contribution in [1.29, 1.82) is 0 Å². The zero-order valence-corrected chi connectivity index (χ0v) is 11.8. The number of carbonyl (C=O) groups is 1. The van der Waals surface area contributed by atoms with Crippen LogP contribution in [0.5, 0.6) is 0 Å². The number of anilines is 1. The van der Waals surface area contributed by atoms with Gasteiger partial charge in [-0.05, 0) is 6.07 Å². The molecule has 2 heterocycles. The molecule has 1 amide bonds. The monoisotopic (exact) mass is 338 g/mol. The van der Waals surface area contributed by atoms with Crippen molar-refractivity contribution in [3.05, 3.63) is 46.6 Å². The molecule has 3 rings (SSSR count). The molecular weight excluding hydrogens is 329 g/mol. The van der Waals surface area contributed by atoms with E-state index in [1.54, 1.807) is 29.4 Å². The van der Waals surface area contributed by atoms with E-state index >= 15 is 0 Å². The van der Waals surface area contributed by atoms with Crippen LogP contribution in [0.25, 0.3) is 10.8 Å². The number of benzene rings is 1. The van der Waals surface area contributed by atoms with Gasteiger partial charge in [-0.3, -0.25) is 20.0 Å². The Bertz CT molecular complexity index is 962. The van der Waals surface area contributed by atoms with Crippen LogP contribution in [-0.4, -0.2) is 30.9 Å². The Morgan fingerprint density at radius 1 is 1.29 bits per heavy atom. The smallest absolute Gasteiger partial charge is 0.292 e. The molecule has 11 heteroatoms. The lowest BCUT2D eigenvalue weighted by molar-refractivity contribution is -0.144. The van der Waals surface area contributed by atoms with Crippen LogP contribution in [0.3, 0.4) is 0 Å². The quantitative estimate of drug-likeness (QED) is 0.746. The molecule has 0 saturated carbocycles. The summed E-state index contributed by atoms with van der Waals surface area (Å²) in [6.45, 7) is -0.487. The van der Waals surface area contributed by atoms with E-state index in [1.165, 1.54) is 6.20 Å². The van der Waals surface area contributed by atoms with Gasteiger partial charge in [0.15, 0.2) is 0 Å². The summed E-state index contributed by atoms with van der Waals surface area (Å²) in [4.78, 5) is 27.1. The molecule has 124 valence electrons. The lowest BCUT2D eigenvalue weighted by Gasteiger charge is -2.05. The Kier molecular flexibility index (Phi) is 3.75. The van der Waals surface area contributed by atoms with Crippen molar-refractivity contribution in [3.63, 3.8) is 0 Å². The minimum absolute atomic E-state index is 0.373. The van der Waals surface area contributed by atoms with Gasteiger partial charge in [0.1, 0.15) is 6.54 Å². The molecular formula is C13H9F3N6O2. The maximum atomic E-state index is 12.4. The van der Waals surface area contributed by atoms with E-state index in [0.717, 1.165) is 4.68 Å². The van der Waals surface area contributed by atoms with Crippen molar-refractivity contribution in [1.82, 2.24) is 25.0 Å². The first-order valence-corrected chi connectivity index (χ1v) is 6.59. The standard InChI is InChI=1S/C13H9F3N6O2/c14-13(15,16)11-19-12(21-20-11)18-9(23)6-22-10(24)8-4-2-1-3-7(8)5-17-22/h1-5H,6H2,(H2,18,19,20,21,23). The van der Waals surface area contributed by atoms with Crippen LogP contribution < -0.4 is 10.9 Å². The predicted molar refractivity (Wildman–Crippen MR) is 76.0 cm³/mol. The normalized spacial score (nSPS) is 11.6. The number of fused-ring (bicyclic) bond motifs is 1. The molecule has 0 saturated heterocycles. The third-order valence-corrected chi connectivity index (χ3v) is 3.06. The molecule has 24 heavy (non-hydrogen) atoms. The summed E-state index contributed by atoms with van der Waals surface area (Å²) in [5.74, 6) is -2.66. The lowest BCUT2D eigenvalue weighted by Crippen LogP contribution is -2.29. The number of hydrogen-bond donors (Lipinski definition) is 2. The molecule has 0 aliphatic heterocycles. The van der Waals surface area contributed by atoms with Crippen molar-refractivity contribution in [2.75, 3.05) is 5.32 Å². The first kappa shape index (κ1) is 15.6. The number of aromatic nitrogens is 5. The van der Waals surface area contributed by atoms with Gasteiger partial charge in [-0.25, -0.2) is 4.68 Å². The largest absolute Gasteiger partial charge is 0.451 e. The number of halogens is 3. The van der Waals surface area contributed by atoms with Gasteiger partial charge in [0.2, 0.25) is 17.7 Å². The highest BCUT2D eigenvalue weighted by Crippen LogP contribution is 2.26. The second-order valence-corrected chi connectivity index (χ2v) is 4.75. The molecule has 3 aromatic rings. The summed E-state index contributed by atoms with van der Waals surface area (Å²) in [6, 6.07) is 6.68. The Labute approximate surface area is 131 Å². The highest BCUT2D eigenvalue weighted by Gasteiger charge is 2.35. The molecule has 0 unspecified atom stereocenters. The number of nitrogens with one attached hydrogen (secondary N) is 2. The van der Waals surface area contributed by atoms with E-state index < -0.39 is 36.0 Å². The fourth-order valence-electron chi connectivity index (χ4n) is 1.99. The van der Waals surface area contributed by atoms with Crippen LogP contribution in [0.1, 0.15) is 5.82 Å². The van der Waals surface area contributed by atoms with Gasteiger partial charge in [-0.15, -0.1) is 5.10 Å². The SMILES string of the molecule is O=C(Cn1ncc2ccccc2c1=O)Nc1n[nH]c(C(F)(F)F)n1. The Balaban J connectivity index is 1.77. The maximum Gasteiger partial charge on any atom is 0.451 e. The predicted octanol–water partition coefficient (Wildman–Crippen LogP) is 1.17. The second kappa shape index (κ2) is 5.76. The van der Waals surface area contributed by atoms with Crippen LogP contribution in [0.2, 0.25) is 0 Å². The van der Waals surface area contributed by atoms with Crippen molar-refractivity contribution in [2.45, 2.75) is 12.7 Å². The highest BCUT2D eigenvalue weighted by atomic mass is 19.4. The fourth-order valence-corrected chi connectivity index (χ4v) is 1.99. The Morgan fingerprint density at radius 2 is 2.04 bits per heavy atom. The van der Waals surface area contributed by atoms with Crippen LogP contribution in [-0.2, 0) is 17.5 Å². The lowest BCUT2D eigenvalue weighted by atomic mass is 10.2. The molecule has 0 fully saturated rings. The molecule has 0 spiro atoms. The minimum atomic E-state index is -4.70. The van der Waals surface area contributed by atoms with Gasteiger partial charge in [0.05, 0.1) is 11.6 Å². The fraction of sp³-hybridized carbons (Fsp3) is 0.154. The molecule has 0 aliphatic rings. The third kappa shape index (κ3) is 3.09. The average Bonchev–Trinajstić information content (AvgIpc) is 2.99. The summed E-state index contributed by atoms with van der Waals surface area (Å²) in [7, 11) is 0. The van der Waals surface area contributed by atoms with E-state index in [4.69, 9.17) is 0 Å². The summed E-state index contributed by atoms with van der Waals surface area (Å²) < 4.78 is 38.1. The van der Waals surface area contributed by atoms with E-state index in [9.17, 15) is 22.8 Å². The molecule has 0 bridgehead atoms. The Morgan fingerprint density at radius 3 is 2.75 bits per heavy atom. The highest BCUT2D eigenvalue weighted by molar-refractivity contribution is 5.89. The topological polar surface area (TPSA) is 106 Å². The average molecular weight is 338 g/mol. The van der Waals surface area contributed by atoms with E-state index in [0.29, 0.717) is 10.8 Å². The number of carbonyl (C=O) groups excluding carboxylic acids is 1. The molecule has 1 aromatic carbocycles. The maximum absolute atomic E-state index is 12.4. The van der Waals surface area contributed by atoms with Gasteiger partial charge >= 0.3 is 6.18 Å². The zero-order chi connectivity index (χ0) is 17.3. The van der Waals surface area contributed by atoms with Gasteiger partial charge in [-0.1, -0.05) is 18.2 Å². The number of nitrogens with zero attached hydrogens (tertiary/aromatic N) is 4. The third-order valence-electron chi connectivity index (χ3n) is 3.06. The van der Waals surface area contributed by atoms with Gasteiger partial charge in [0.25, 0.3) is 5.56 Å². The van der Waals surface area contributed by atoms with Crippen molar-refractivity contribution >= 4 is 22.6 Å². The summed E-state index contributed by atoms with van der Waals surface area (Å²) in [5, 5.41) is 11.8. The zero-order valence-electron chi connectivity index (χ0n) is 11.8. The van der Waals surface area contributed by atoms with Crippen molar-refractivity contribution in [3.8, 4) is 0 Å². The van der Waals surface area contributed by atoms with Crippen molar-refractivity contribution < 1.29 is 18.0 Å². The molecule has 8 nitrogen and oxygen atoms in total. The van der Waals surface area contributed by atoms with E-state index in [1.807, 2.05) is 0 Å². The summed E-state index contributed by atoms with van der Waals surface area (Å²) in [6.07, 6.45) is -3.29. The first-order chi connectivity index (χ1) is 11.3. The Hall–Kier alpha value is -3.24. The van der Waals surface area contributed by atoms with Gasteiger partial charge in [-0.2, -0.15) is 23.3 Å². The van der Waals surface area contributed by atoms with E-state index in [-0.39, 0.29) is 0 Å². The number of alkyl halides is 3. The van der Waals surface area contributed by atoms with Crippen LogP contribution >= 0.6 is 0 Å². The minimum Gasteiger partial charge on any atom is -0.292 e. The van der Waals surface area contributed by atoms with Crippen LogP contribution in [0.15, 0.2) is 35.3 Å². The van der Waals surface area contributed by atoms with Crippen LogP contribution in [0, 0.1) is 0 Å². The molecule has 0 radical (unpaired) electrons. The molecule has 0 atom stereocenters. The second-order valence-electron chi connectivity index (χ2n) is 4.75. The van der Waals surface area contributed by atoms with Crippen molar-refractivity contribution in [2.24, 2.45) is 0 Å². The summed E-state index contributed by atoms with van der Waals surface area (Å²) >= 11 is 0. The van der Waals surface area contributed by atoms with E-state index in [2.05, 4.69) is 20.5 Å². The number of amides is 1. The first-order valence-electron chi connectivity index (χ1n) is 6.59. The molecule has 2 N–H and O–H groups in total. The number of H-pyrrole nitrogens is 1. The molecule has 2 aromatic heterocycles. The van der Waals surface area contributed by atoms with Gasteiger partial charge < -0.3 is 0 Å².